The Morgan fingerprint density at radius 1 is 1.20 bits per heavy atom. The lowest BCUT2D eigenvalue weighted by molar-refractivity contribution is 0.143. The summed E-state index contributed by atoms with van der Waals surface area (Å²) in [7, 11) is 0. The van der Waals surface area contributed by atoms with Crippen molar-refractivity contribution >= 4 is 6.03 Å². The van der Waals surface area contributed by atoms with Crippen LogP contribution in [0, 0.1) is 6.92 Å². The summed E-state index contributed by atoms with van der Waals surface area (Å²) in [5.41, 5.74) is 1.91. The van der Waals surface area contributed by atoms with Crippen molar-refractivity contribution < 1.29 is 9.90 Å². The Morgan fingerprint density at radius 2 is 1.88 bits per heavy atom. The van der Waals surface area contributed by atoms with Gasteiger partial charge in [-0.05, 0) is 43.7 Å². The minimum absolute atomic E-state index is 0.174. The number of nitrogens with zero attached hydrogens (tertiary/aromatic N) is 1. The van der Waals surface area contributed by atoms with Gasteiger partial charge >= 0.3 is 6.03 Å². The van der Waals surface area contributed by atoms with Crippen LogP contribution < -0.4 is 10.6 Å². The Balaban J connectivity index is 1.37. The van der Waals surface area contributed by atoms with Gasteiger partial charge in [0.05, 0.1) is 6.10 Å². The fourth-order valence-electron chi connectivity index (χ4n) is 4.17. The number of carbonyl (C=O) groups excluding carboxylic acids is 1. The third-order valence-electron chi connectivity index (χ3n) is 5.71. The highest BCUT2D eigenvalue weighted by atomic mass is 16.3. The molecule has 1 aromatic rings. The van der Waals surface area contributed by atoms with Gasteiger partial charge in [0.1, 0.15) is 0 Å². The molecule has 5 heteroatoms. The lowest BCUT2D eigenvalue weighted by Crippen LogP contribution is -2.50. The minimum Gasteiger partial charge on any atom is -0.387 e. The van der Waals surface area contributed by atoms with Gasteiger partial charge in [0, 0.05) is 31.7 Å². The number of aliphatic hydroxyl groups is 1. The molecule has 1 atom stereocenters. The molecule has 1 saturated heterocycles. The molecule has 1 heterocycles. The fraction of sp³-hybridized carbons (Fsp3) is 0.650. The first-order valence-electron chi connectivity index (χ1n) is 9.65. The maximum Gasteiger partial charge on any atom is 0.315 e. The van der Waals surface area contributed by atoms with Crippen molar-refractivity contribution in [3.8, 4) is 0 Å². The third kappa shape index (κ3) is 4.95. The lowest BCUT2D eigenvalue weighted by Gasteiger charge is -2.36. The molecular weight excluding hydrogens is 314 g/mol. The molecule has 138 valence electrons. The van der Waals surface area contributed by atoms with Crippen LogP contribution in [0.2, 0.25) is 0 Å². The maximum absolute atomic E-state index is 12.1. The van der Waals surface area contributed by atoms with Crippen molar-refractivity contribution in [2.75, 3.05) is 19.6 Å². The van der Waals surface area contributed by atoms with E-state index in [1.807, 2.05) is 31.2 Å². The Bertz CT molecular complexity index is 564. The van der Waals surface area contributed by atoms with E-state index in [0.717, 1.165) is 43.1 Å². The van der Waals surface area contributed by atoms with Gasteiger partial charge < -0.3 is 20.6 Å². The molecule has 1 aliphatic carbocycles. The van der Waals surface area contributed by atoms with Crippen LogP contribution in [0.15, 0.2) is 24.3 Å². The highest BCUT2D eigenvalue weighted by Crippen LogP contribution is 2.26. The van der Waals surface area contributed by atoms with Crippen LogP contribution >= 0.6 is 0 Å². The van der Waals surface area contributed by atoms with Crippen LogP contribution in [0.25, 0.3) is 0 Å². The largest absolute Gasteiger partial charge is 0.387 e. The SMILES string of the molecule is Cc1ccccc1C(O)CNC(=O)NC1CCN(C2CCCC2)CC1. The average molecular weight is 345 g/mol. The Hall–Kier alpha value is -1.59. The second-order valence-electron chi connectivity index (χ2n) is 7.48. The lowest BCUT2D eigenvalue weighted by atomic mass is 10.0. The van der Waals surface area contributed by atoms with E-state index in [9.17, 15) is 9.90 Å². The molecule has 1 aliphatic heterocycles. The number of hydrogen-bond donors (Lipinski definition) is 3. The highest BCUT2D eigenvalue weighted by Gasteiger charge is 2.27. The molecule has 2 amide bonds. The van der Waals surface area contributed by atoms with E-state index in [1.165, 1.54) is 25.7 Å². The van der Waals surface area contributed by atoms with Crippen molar-refractivity contribution in [3.63, 3.8) is 0 Å². The third-order valence-corrected chi connectivity index (χ3v) is 5.71. The number of amides is 2. The zero-order valence-electron chi connectivity index (χ0n) is 15.2. The number of urea groups is 1. The van der Waals surface area contributed by atoms with E-state index in [-0.39, 0.29) is 18.6 Å². The molecule has 1 aromatic carbocycles. The Labute approximate surface area is 150 Å². The summed E-state index contributed by atoms with van der Waals surface area (Å²) in [6.45, 7) is 4.37. The summed E-state index contributed by atoms with van der Waals surface area (Å²) in [4.78, 5) is 14.7. The molecule has 0 aromatic heterocycles. The zero-order chi connectivity index (χ0) is 17.6. The van der Waals surface area contributed by atoms with Gasteiger partial charge in [-0.15, -0.1) is 0 Å². The first-order chi connectivity index (χ1) is 12.1. The molecule has 2 fully saturated rings. The van der Waals surface area contributed by atoms with Gasteiger partial charge in [-0.25, -0.2) is 4.79 Å². The number of carbonyl (C=O) groups is 1. The summed E-state index contributed by atoms with van der Waals surface area (Å²) >= 11 is 0. The average Bonchev–Trinajstić information content (AvgIpc) is 3.15. The molecular formula is C20H31N3O2. The van der Waals surface area contributed by atoms with Gasteiger partial charge in [0.2, 0.25) is 0 Å². The molecule has 25 heavy (non-hydrogen) atoms. The van der Waals surface area contributed by atoms with E-state index in [0.29, 0.717) is 0 Å². The van der Waals surface area contributed by atoms with Crippen LogP contribution in [0.4, 0.5) is 4.79 Å². The molecule has 5 nitrogen and oxygen atoms in total. The van der Waals surface area contributed by atoms with Crippen LogP contribution in [-0.4, -0.2) is 47.8 Å². The summed E-state index contributed by atoms with van der Waals surface area (Å²) in [6.07, 6.45) is 6.79. The second-order valence-corrected chi connectivity index (χ2v) is 7.48. The predicted octanol–water partition coefficient (Wildman–Crippen LogP) is 2.73. The standard InChI is InChI=1S/C20H31N3O2/c1-15-6-2-5-9-18(15)19(24)14-21-20(25)22-16-10-12-23(13-11-16)17-7-3-4-8-17/h2,5-6,9,16-17,19,24H,3-4,7-8,10-14H2,1H3,(H2,21,22,25). The van der Waals surface area contributed by atoms with Crippen molar-refractivity contribution in [3.05, 3.63) is 35.4 Å². The van der Waals surface area contributed by atoms with Gasteiger partial charge in [0.25, 0.3) is 0 Å². The Kier molecular flexibility index (Phi) is 6.32. The minimum atomic E-state index is -0.670. The number of benzene rings is 1. The molecule has 3 N–H and O–H groups in total. The first kappa shape index (κ1) is 18.2. The fourth-order valence-corrected chi connectivity index (χ4v) is 4.17. The van der Waals surface area contributed by atoms with E-state index >= 15 is 0 Å². The van der Waals surface area contributed by atoms with Crippen LogP contribution in [-0.2, 0) is 0 Å². The smallest absolute Gasteiger partial charge is 0.315 e. The van der Waals surface area contributed by atoms with Gasteiger partial charge in [-0.1, -0.05) is 37.1 Å². The van der Waals surface area contributed by atoms with Crippen LogP contribution in [0.5, 0.6) is 0 Å². The number of likely N-dealkylation sites (tertiary alicyclic amines) is 1. The van der Waals surface area contributed by atoms with Crippen molar-refractivity contribution in [1.29, 1.82) is 0 Å². The number of aryl methyl sites for hydroxylation is 1. The van der Waals surface area contributed by atoms with E-state index in [1.54, 1.807) is 0 Å². The second kappa shape index (κ2) is 8.68. The van der Waals surface area contributed by atoms with Gasteiger partial charge in [0.15, 0.2) is 0 Å². The van der Waals surface area contributed by atoms with Crippen molar-refractivity contribution in [2.45, 2.75) is 63.6 Å². The van der Waals surface area contributed by atoms with Crippen LogP contribution in [0.3, 0.4) is 0 Å². The maximum atomic E-state index is 12.1. The van der Waals surface area contributed by atoms with E-state index < -0.39 is 6.10 Å². The summed E-state index contributed by atoms with van der Waals surface area (Å²) in [5, 5.41) is 16.1. The molecule has 3 rings (SSSR count). The van der Waals surface area contributed by atoms with Crippen molar-refractivity contribution in [1.82, 2.24) is 15.5 Å². The number of aliphatic hydroxyl groups excluding tert-OH is 1. The molecule has 0 spiro atoms. The number of hydrogen-bond acceptors (Lipinski definition) is 3. The van der Waals surface area contributed by atoms with Gasteiger partial charge in [-0.2, -0.15) is 0 Å². The summed E-state index contributed by atoms with van der Waals surface area (Å²) in [5.74, 6) is 0. The monoisotopic (exact) mass is 345 g/mol. The predicted molar refractivity (Wildman–Crippen MR) is 99.5 cm³/mol. The first-order valence-corrected chi connectivity index (χ1v) is 9.65. The quantitative estimate of drug-likeness (QED) is 0.769. The molecule has 1 saturated carbocycles. The van der Waals surface area contributed by atoms with E-state index in [2.05, 4.69) is 15.5 Å². The van der Waals surface area contributed by atoms with Gasteiger partial charge in [-0.3, -0.25) is 0 Å². The van der Waals surface area contributed by atoms with Crippen LogP contribution in [0.1, 0.15) is 55.8 Å². The summed E-state index contributed by atoms with van der Waals surface area (Å²) < 4.78 is 0. The normalized spacial score (nSPS) is 21.2. The van der Waals surface area contributed by atoms with E-state index in [4.69, 9.17) is 0 Å². The van der Waals surface area contributed by atoms with Crippen molar-refractivity contribution in [2.24, 2.45) is 0 Å². The Morgan fingerprint density at radius 3 is 2.56 bits per heavy atom. The molecule has 2 aliphatic rings. The molecule has 0 bridgehead atoms. The molecule has 1 unspecified atom stereocenters. The number of nitrogens with one attached hydrogen (secondary N) is 2. The zero-order valence-corrected chi connectivity index (χ0v) is 15.2. The number of piperidine rings is 1. The highest BCUT2D eigenvalue weighted by molar-refractivity contribution is 5.74. The molecule has 0 radical (unpaired) electrons. The summed E-state index contributed by atoms with van der Waals surface area (Å²) in [6, 6.07) is 8.57. The number of rotatable bonds is 5. The topological polar surface area (TPSA) is 64.6 Å².